The first kappa shape index (κ1) is 13.5. The molecule has 1 atom stereocenters. The Morgan fingerprint density at radius 2 is 2.06 bits per heavy atom. The fourth-order valence-corrected chi connectivity index (χ4v) is 1.53. The minimum Gasteiger partial charge on any atom is -0.480 e. The number of aliphatic carboxylic acids is 1. The van der Waals surface area contributed by atoms with E-state index in [4.69, 9.17) is 10.8 Å². The molecule has 0 fully saturated rings. The molecule has 1 aromatic carbocycles. The van der Waals surface area contributed by atoms with Gasteiger partial charge in [0.2, 0.25) is 0 Å². The van der Waals surface area contributed by atoms with Crippen molar-refractivity contribution in [1.82, 2.24) is 0 Å². The third-order valence-electron chi connectivity index (χ3n) is 2.73. The fraction of sp³-hybridized carbons (Fsp3) is 0.462. The molecule has 0 bridgehead atoms. The fourth-order valence-electron chi connectivity index (χ4n) is 1.53. The monoisotopic (exact) mass is 236 g/mol. The van der Waals surface area contributed by atoms with E-state index in [0.29, 0.717) is 0 Å². The van der Waals surface area contributed by atoms with Crippen molar-refractivity contribution in [3.63, 3.8) is 0 Å². The Kier molecular flexibility index (Phi) is 4.97. The minimum atomic E-state index is -0.931. The molecule has 1 aliphatic heterocycles. The zero-order valence-electron chi connectivity index (χ0n) is 10.3. The summed E-state index contributed by atoms with van der Waals surface area (Å²) in [6.45, 7) is 4.66. The van der Waals surface area contributed by atoms with Crippen LogP contribution in [0.4, 0.5) is 5.69 Å². The van der Waals surface area contributed by atoms with E-state index in [2.05, 4.69) is 29.6 Å². The summed E-state index contributed by atoms with van der Waals surface area (Å²) in [5.74, 6) is -0.910. The van der Waals surface area contributed by atoms with Crippen LogP contribution in [-0.2, 0) is 11.2 Å². The van der Waals surface area contributed by atoms with Gasteiger partial charge in [0.1, 0.15) is 6.04 Å². The van der Waals surface area contributed by atoms with Gasteiger partial charge in [0.05, 0.1) is 0 Å². The normalized spacial score (nSPS) is 14.4. The number of fused-ring (bicyclic) bond motifs is 1. The van der Waals surface area contributed by atoms with Gasteiger partial charge >= 0.3 is 5.97 Å². The van der Waals surface area contributed by atoms with Crippen molar-refractivity contribution < 1.29 is 9.90 Å². The summed E-state index contributed by atoms with van der Waals surface area (Å²) in [4.78, 5) is 10.0. The van der Waals surface area contributed by atoms with Crippen LogP contribution in [-0.4, -0.2) is 23.7 Å². The van der Waals surface area contributed by atoms with Gasteiger partial charge in [-0.05, 0) is 24.0 Å². The summed E-state index contributed by atoms with van der Waals surface area (Å²) >= 11 is 0. The van der Waals surface area contributed by atoms with Crippen molar-refractivity contribution in [3.8, 4) is 0 Å². The van der Waals surface area contributed by atoms with E-state index >= 15 is 0 Å². The van der Waals surface area contributed by atoms with Crippen LogP contribution in [0.5, 0.6) is 0 Å². The lowest BCUT2D eigenvalue weighted by molar-refractivity contribution is -0.139. The molecule has 1 heterocycles. The number of benzene rings is 1. The molecule has 0 aliphatic carbocycles. The maximum atomic E-state index is 10.0. The number of nitrogens with two attached hydrogens (primary N) is 1. The molecule has 4 N–H and O–H groups in total. The lowest BCUT2D eigenvalue weighted by atomic mass is 10.1. The average Bonchev–Trinajstić information content (AvgIpc) is 2.76. The predicted octanol–water partition coefficient (Wildman–Crippen LogP) is 1.71. The van der Waals surface area contributed by atoms with Crippen molar-refractivity contribution in [1.29, 1.82) is 0 Å². The number of carboxylic acids is 1. The van der Waals surface area contributed by atoms with Crippen molar-refractivity contribution in [2.24, 2.45) is 11.7 Å². The smallest absolute Gasteiger partial charge is 0.320 e. The van der Waals surface area contributed by atoms with Crippen LogP contribution in [0, 0.1) is 5.92 Å². The quantitative estimate of drug-likeness (QED) is 0.730. The number of rotatable bonds is 2. The molecule has 1 aliphatic rings. The molecule has 0 unspecified atom stereocenters. The van der Waals surface area contributed by atoms with Gasteiger partial charge in [0.15, 0.2) is 0 Å². The molecule has 0 radical (unpaired) electrons. The van der Waals surface area contributed by atoms with Crippen molar-refractivity contribution in [2.75, 3.05) is 11.9 Å². The van der Waals surface area contributed by atoms with E-state index in [1.54, 1.807) is 13.8 Å². The highest BCUT2D eigenvalue weighted by Crippen LogP contribution is 2.19. The van der Waals surface area contributed by atoms with Crippen LogP contribution in [0.2, 0.25) is 0 Å². The molecule has 0 saturated heterocycles. The number of hydrogen-bond donors (Lipinski definition) is 3. The molecule has 17 heavy (non-hydrogen) atoms. The van der Waals surface area contributed by atoms with E-state index in [1.807, 2.05) is 0 Å². The van der Waals surface area contributed by atoms with Crippen LogP contribution in [0.25, 0.3) is 0 Å². The molecular weight excluding hydrogens is 216 g/mol. The molecule has 0 saturated carbocycles. The van der Waals surface area contributed by atoms with Gasteiger partial charge in [-0.25, -0.2) is 0 Å². The van der Waals surface area contributed by atoms with Crippen LogP contribution in [0.15, 0.2) is 24.3 Å². The maximum absolute atomic E-state index is 10.0. The molecule has 94 valence electrons. The largest absolute Gasteiger partial charge is 0.480 e. The lowest BCUT2D eigenvalue weighted by Gasteiger charge is -2.07. The second-order valence-electron chi connectivity index (χ2n) is 4.44. The Bertz CT molecular complexity index is 354. The van der Waals surface area contributed by atoms with Gasteiger partial charge in [0.25, 0.3) is 0 Å². The first-order valence-electron chi connectivity index (χ1n) is 5.82. The molecule has 2 rings (SSSR count). The number of nitrogens with one attached hydrogen (secondary N) is 1. The van der Waals surface area contributed by atoms with Crippen molar-refractivity contribution in [3.05, 3.63) is 29.8 Å². The van der Waals surface area contributed by atoms with Crippen LogP contribution < -0.4 is 11.1 Å². The Hall–Kier alpha value is -1.55. The zero-order valence-corrected chi connectivity index (χ0v) is 10.3. The molecule has 4 heteroatoms. The molecule has 0 aromatic heterocycles. The van der Waals surface area contributed by atoms with Gasteiger partial charge in [-0.15, -0.1) is 0 Å². The maximum Gasteiger partial charge on any atom is 0.320 e. The zero-order chi connectivity index (χ0) is 12.8. The van der Waals surface area contributed by atoms with E-state index in [1.165, 1.54) is 17.7 Å². The second-order valence-corrected chi connectivity index (χ2v) is 4.44. The lowest BCUT2D eigenvalue weighted by Crippen LogP contribution is -2.34. The minimum absolute atomic E-state index is 0.0208. The SMILES string of the molecule is CC(C)[C@H](N)C(=O)O.c1ccc2c(c1)CCN2. The summed E-state index contributed by atoms with van der Waals surface area (Å²) in [5, 5.41) is 11.5. The van der Waals surface area contributed by atoms with E-state index < -0.39 is 12.0 Å². The number of para-hydroxylation sites is 1. The van der Waals surface area contributed by atoms with Crippen LogP contribution in [0.3, 0.4) is 0 Å². The predicted molar refractivity (Wildman–Crippen MR) is 69.1 cm³/mol. The Labute approximate surface area is 102 Å². The van der Waals surface area contributed by atoms with Gasteiger partial charge in [-0.3, -0.25) is 4.79 Å². The first-order chi connectivity index (χ1) is 8.02. The van der Waals surface area contributed by atoms with E-state index in [9.17, 15) is 4.79 Å². The average molecular weight is 236 g/mol. The second kappa shape index (κ2) is 6.25. The molecule has 0 amide bonds. The third-order valence-corrected chi connectivity index (χ3v) is 2.73. The van der Waals surface area contributed by atoms with Crippen LogP contribution >= 0.6 is 0 Å². The standard InChI is InChI=1S/C8H9N.C5H11NO2/c1-2-4-8-7(3-1)5-6-9-8;1-3(2)4(6)5(7)8/h1-4,9H,5-6H2;3-4H,6H2,1-2H3,(H,7,8)/t;4-/m.0/s1. The van der Waals surface area contributed by atoms with Crippen molar-refractivity contribution >= 4 is 11.7 Å². The van der Waals surface area contributed by atoms with Crippen molar-refractivity contribution in [2.45, 2.75) is 26.3 Å². The molecule has 4 nitrogen and oxygen atoms in total. The van der Waals surface area contributed by atoms with Gasteiger partial charge < -0.3 is 16.2 Å². The Balaban J connectivity index is 0.000000172. The van der Waals surface area contributed by atoms with Gasteiger partial charge in [-0.2, -0.15) is 0 Å². The molecule has 1 aromatic rings. The topological polar surface area (TPSA) is 75.4 Å². The number of carboxylic acid groups (broad SMARTS) is 1. The van der Waals surface area contributed by atoms with Crippen LogP contribution in [0.1, 0.15) is 19.4 Å². The Morgan fingerprint density at radius 1 is 1.41 bits per heavy atom. The summed E-state index contributed by atoms with van der Waals surface area (Å²) in [6.07, 6.45) is 1.19. The van der Waals surface area contributed by atoms with Gasteiger partial charge in [-0.1, -0.05) is 32.0 Å². The highest BCUT2D eigenvalue weighted by Gasteiger charge is 2.14. The Morgan fingerprint density at radius 3 is 2.53 bits per heavy atom. The molecule has 0 spiro atoms. The van der Waals surface area contributed by atoms with Gasteiger partial charge in [0, 0.05) is 12.2 Å². The number of hydrogen-bond acceptors (Lipinski definition) is 3. The molecular formula is C13H20N2O2. The number of anilines is 1. The highest BCUT2D eigenvalue weighted by molar-refractivity contribution is 5.73. The first-order valence-corrected chi connectivity index (χ1v) is 5.82. The summed E-state index contributed by atoms with van der Waals surface area (Å²) in [5.41, 5.74) is 7.93. The highest BCUT2D eigenvalue weighted by atomic mass is 16.4. The number of carbonyl (C=O) groups is 1. The van der Waals surface area contributed by atoms with E-state index in [0.717, 1.165) is 6.54 Å². The summed E-state index contributed by atoms with van der Waals surface area (Å²) in [7, 11) is 0. The third kappa shape index (κ3) is 4.07. The summed E-state index contributed by atoms with van der Waals surface area (Å²) < 4.78 is 0. The summed E-state index contributed by atoms with van der Waals surface area (Å²) in [6, 6.07) is 7.75. The van der Waals surface area contributed by atoms with E-state index in [-0.39, 0.29) is 5.92 Å².